The summed E-state index contributed by atoms with van der Waals surface area (Å²) < 4.78 is 0. The average Bonchev–Trinajstić information content (AvgIpc) is 2.68. The number of benzene rings is 1. The van der Waals surface area contributed by atoms with E-state index in [1.54, 1.807) is 0 Å². The van der Waals surface area contributed by atoms with Crippen LogP contribution in [-0.4, -0.2) is 36.1 Å². The van der Waals surface area contributed by atoms with Gasteiger partial charge in [-0.3, -0.25) is 9.69 Å². The van der Waals surface area contributed by atoms with Gasteiger partial charge in [0.2, 0.25) is 0 Å². The van der Waals surface area contributed by atoms with E-state index >= 15 is 0 Å². The minimum absolute atomic E-state index is 0.0357. The Kier molecular flexibility index (Phi) is 4.53. The molecule has 1 aliphatic heterocycles. The standard InChI is InChI=1S/C16H21N3OS/c1-12-3-5-13(6-4-12)15-14(21-16(20)18-15)11-19-9-2-7-17-8-10-19/h3-6,17H,2,7-11H2,1H3,(H,18,20). The summed E-state index contributed by atoms with van der Waals surface area (Å²) in [5.74, 6) is 0. The van der Waals surface area contributed by atoms with Crippen molar-refractivity contribution in [2.24, 2.45) is 0 Å². The fraction of sp³-hybridized carbons (Fsp3) is 0.438. The lowest BCUT2D eigenvalue weighted by Gasteiger charge is -2.19. The lowest BCUT2D eigenvalue weighted by Crippen LogP contribution is -2.27. The highest BCUT2D eigenvalue weighted by atomic mass is 32.1. The van der Waals surface area contributed by atoms with Gasteiger partial charge in [-0.25, -0.2) is 0 Å². The molecule has 1 aromatic heterocycles. The summed E-state index contributed by atoms with van der Waals surface area (Å²) in [6, 6.07) is 8.34. The van der Waals surface area contributed by atoms with Crippen molar-refractivity contribution in [2.75, 3.05) is 26.2 Å². The van der Waals surface area contributed by atoms with Crippen LogP contribution in [0.5, 0.6) is 0 Å². The molecule has 0 atom stereocenters. The van der Waals surface area contributed by atoms with Crippen molar-refractivity contribution in [3.05, 3.63) is 44.4 Å². The van der Waals surface area contributed by atoms with Gasteiger partial charge in [0.1, 0.15) is 0 Å². The zero-order valence-corrected chi connectivity index (χ0v) is 13.1. The van der Waals surface area contributed by atoms with E-state index in [0.717, 1.165) is 48.9 Å². The van der Waals surface area contributed by atoms with Crippen molar-refractivity contribution in [2.45, 2.75) is 19.9 Å². The van der Waals surface area contributed by atoms with Crippen LogP contribution in [-0.2, 0) is 6.54 Å². The van der Waals surface area contributed by atoms with E-state index in [4.69, 9.17) is 0 Å². The third-order valence-electron chi connectivity index (χ3n) is 3.86. The number of thiazole rings is 1. The zero-order chi connectivity index (χ0) is 14.7. The lowest BCUT2D eigenvalue weighted by molar-refractivity contribution is 0.287. The van der Waals surface area contributed by atoms with Crippen molar-refractivity contribution in [1.82, 2.24) is 15.2 Å². The Balaban J connectivity index is 1.85. The highest BCUT2D eigenvalue weighted by molar-refractivity contribution is 7.09. The van der Waals surface area contributed by atoms with Gasteiger partial charge < -0.3 is 10.3 Å². The molecule has 2 aromatic rings. The molecule has 4 nitrogen and oxygen atoms in total. The van der Waals surface area contributed by atoms with Crippen molar-refractivity contribution in [3.63, 3.8) is 0 Å². The Labute approximate surface area is 128 Å². The molecule has 2 heterocycles. The van der Waals surface area contributed by atoms with E-state index in [1.807, 2.05) is 0 Å². The SMILES string of the molecule is Cc1ccc(-c2[nH]c(=O)sc2CN2CCCNCC2)cc1. The van der Waals surface area contributed by atoms with Gasteiger partial charge in [0.05, 0.1) is 5.69 Å². The second-order valence-corrected chi connectivity index (χ2v) is 6.63. The molecule has 3 rings (SSSR count). The van der Waals surface area contributed by atoms with Crippen LogP contribution in [0.2, 0.25) is 0 Å². The highest BCUT2D eigenvalue weighted by Gasteiger charge is 2.15. The normalized spacial score (nSPS) is 16.8. The fourth-order valence-electron chi connectivity index (χ4n) is 2.69. The van der Waals surface area contributed by atoms with Gasteiger partial charge in [0, 0.05) is 24.5 Å². The largest absolute Gasteiger partial charge is 0.315 e. The molecule has 0 spiro atoms. The maximum Gasteiger partial charge on any atom is 0.305 e. The maximum absolute atomic E-state index is 11.8. The minimum Gasteiger partial charge on any atom is -0.315 e. The van der Waals surface area contributed by atoms with Crippen LogP contribution in [0.15, 0.2) is 29.1 Å². The second-order valence-electron chi connectivity index (χ2n) is 5.56. The lowest BCUT2D eigenvalue weighted by atomic mass is 10.1. The Morgan fingerprint density at radius 2 is 2.00 bits per heavy atom. The Hall–Kier alpha value is -1.43. The number of hydrogen-bond donors (Lipinski definition) is 2. The highest BCUT2D eigenvalue weighted by Crippen LogP contribution is 2.25. The summed E-state index contributed by atoms with van der Waals surface area (Å²) in [4.78, 5) is 18.4. The quantitative estimate of drug-likeness (QED) is 0.914. The summed E-state index contributed by atoms with van der Waals surface area (Å²) in [6.07, 6.45) is 1.17. The molecule has 0 unspecified atom stereocenters. The molecule has 1 aliphatic rings. The molecule has 0 radical (unpaired) electrons. The van der Waals surface area contributed by atoms with Gasteiger partial charge >= 0.3 is 4.87 Å². The molecular weight excluding hydrogens is 282 g/mol. The topological polar surface area (TPSA) is 48.1 Å². The van der Waals surface area contributed by atoms with Crippen LogP contribution in [0.4, 0.5) is 0 Å². The summed E-state index contributed by atoms with van der Waals surface area (Å²) in [7, 11) is 0. The molecule has 1 fully saturated rings. The first-order valence-electron chi connectivity index (χ1n) is 7.44. The van der Waals surface area contributed by atoms with Crippen molar-refractivity contribution in [1.29, 1.82) is 0 Å². The second kappa shape index (κ2) is 6.56. The van der Waals surface area contributed by atoms with Crippen molar-refractivity contribution < 1.29 is 0 Å². The Bertz CT molecular complexity index is 636. The molecule has 5 heteroatoms. The number of nitrogens with zero attached hydrogens (tertiary/aromatic N) is 1. The number of H-pyrrole nitrogens is 1. The molecule has 0 amide bonds. The molecule has 0 bridgehead atoms. The first kappa shape index (κ1) is 14.5. The van der Waals surface area contributed by atoms with E-state index in [2.05, 4.69) is 46.4 Å². The molecule has 1 saturated heterocycles. The van der Waals surface area contributed by atoms with E-state index in [0.29, 0.717) is 0 Å². The monoisotopic (exact) mass is 303 g/mol. The minimum atomic E-state index is 0.0357. The Morgan fingerprint density at radius 3 is 2.81 bits per heavy atom. The van der Waals surface area contributed by atoms with E-state index < -0.39 is 0 Å². The summed E-state index contributed by atoms with van der Waals surface area (Å²) in [6.45, 7) is 7.18. The molecule has 2 N–H and O–H groups in total. The fourth-order valence-corrected chi connectivity index (χ4v) is 3.58. The number of hydrogen-bond acceptors (Lipinski definition) is 4. The average molecular weight is 303 g/mol. The van der Waals surface area contributed by atoms with Gasteiger partial charge in [-0.05, 0) is 32.0 Å². The smallest absolute Gasteiger partial charge is 0.305 e. The number of aromatic nitrogens is 1. The van der Waals surface area contributed by atoms with Crippen molar-refractivity contribution >= 4 is 11.3 Å². The van der Waals surface area contributed by atoms with Gasteiger partial charge in [0.25, 0.3) is 0 Å². The summed E-state index contributed by atoms with van der Waals surface area (Å²) in [5, 5.41) is 3.41. The van der Waals surface area contributed by atoms with Crippen LogP contribution in [0, 0.1) is 6.92 Å². The van der Waals surface area contributed by atoms with Gasteiger partial charge in [-0.15, -0.1) is 0 Å². The van der Waals surface area contributed by atoms with Gasteiger partial charge in [0.15, 0.2) is 0 Å². The Morgan fingerprint density at radius 1 is 1.19 bits per heavy atom. The van der Waals surface area contributed by atoms with Crippen molar-refractivity contribution in [3.8, 4) is 11.3 Å². The first-order valence-corrected chi connectivity index (χ1v) is 8.26. The molecule has 1 aromatic carbocycles. The van der Waals surface area contributed by atoms with Gasteiger partial charge in [-0.1, -0.05) is 41.2 Å². The molecule has 0 saturated carbocycles. The van der Waals surface area contributed by atoms with E-state index in [9.17, 15) is 4.79 Å². The molecular formula is C16H21N3OS. The van der Waals surface area contributed by atoms with Crippen LogP contribution < -0.4 is 10.2 Å². The van der Waals surface area contributed by atoms with E-state index in [1.165, 1.54) is 23.3 Å². The van der Waals surface area contributed by atoms with Crippen LogP contribution in [0.25, 0.3) is 11.3 Å². The van der Waals surface area contributed by atoms with Crippen LogP contribution in [0.1, 0.15) is 16.9 Å². The number of nitrogens with one attached hydrogen (secondary N) is 2. The molecule has 21 heavy (non-hydrogen) atoms. The maximum atomic E-state index is 11.8. The summed E-state index contributed by atoms with van der Waals surface area (Å²) >= 11 is 1.34. The third kappa shape index (κ3) is 3.61. The number of rotatable bonds is 3. The zero-order valence-electron chi connectivity index (χ0n) is 12.3. The molecule has 0 aliphatic carbocycles. The third-order valence-corrected chi connectivity index (χ3v) is 4.73. The molecule has 112 valence electrons. The predicted molar refractivity (Wildman–Crippen MR) is 87.9 cm³/mol. The first-order chi connectivity index (χ1) is 10.2. The van der Waals surface area contributed by atoms with E-state index in [-0.39, 0.29) is 4.87 Å². The van der Waals surface area contributed by atoms with Gasteiger partial charge in [-0.2, -0.15) is 0 Å². The van der Waals surface area contributed by atoms with Crippen LogP contribution in [0.3, 0.4) is 0 Å². The number of aromatic amines is 1. The predicted octanol–water partition coefficient (Wildman–Crippen LogP) is 2.21. The summed E-state index contributed by atoms with van der Waals surface area (Å²) in [5.41, 5.74) is 3.32. The number of aryl methyl sites for hydroxylation is 1. The van der Waals surface area contributed by atoms with Crippen LogP contribution >= 0.6 is 11.3 Å².